The fraction of sp³-hybridized carbons (Fsp3) is 0.533. The van der Waals surface area contributed by atoms with Crippen molar-refractivity contribution in [3.05, 3.63) is 33.4 Å². The van der Waals surface area contributed by atoms with Crippen molar-refractivity contribution in [1.82, 2.24) is 10.6 Å². The summed E-state index contributed by atoms with van der Waals surface area (Å²) in [5.74, 6) is 0. The molecule has 0 saturated carbocycles. The largest absolute Gasteiger partial charge is 0.395 e. The van der Waals surface area contributed by atoms with Crippen LogP contribution in [0, 0.1) is 34.6 Å². The molecule has 0 heterocycles. The Morgan fingerprint density at radius 2 is 1.37 bits per heavy atom. The van der Waals surface area contributed by atoms with Crippen LogP contribution in [-0.4, -0.2) is 23.4 Å². The van der Waals surface area contributed by atoms with Gasteiger partial charge in [0.1, 0.15) is 0 Å². The van der Waals surface area contributed by atoms with Crippen LogP contribution in [0.3, 0.4) is 0 Å². The maximum absolute atomic E-state index is 8.74. The minimum absolute atomic E-state index is 0.0859. The molecule has 0 aliphatic rings. The Labute approximate surface area is 121 Å². The Morgan fingerprint density at radius 1 is 0.895 bits per heavy atom. The molecule has 0 aromatic heterocycles. The molecular weight excluding hydrogens is 256 g/mol. The fourth-order valence-corrected chi connectivity index (χ4v) is 2.42. The number of thiocarbonyl (C=S) groups is 1. The van der Waals surface area contributed by atoms with E-state index in [1.807, 2.05) is 0 Å². The molecule has 4 heteroatoms. The summed E-state index contributed by atoms with van der Waals surface area (Å²) in [5.41, 5.74) is 8.06. The van der Waals surface area contributed by atoms with Crippen molar-refractivity contribution < 1.29 is 5.11 Å². The Hall–Kier alpha value is -1.13. The molecule has 0 radical (unpaired) electrons. The summed E-state index contributed by atoms with van der Waals surface area (Å²) in [6.45, 7) is 12.1. The van der Waals surface area contributed by atoms with Crippen molar-refractivity contribution in [3.63, 3.8) is 0 Å². The second-order valence-electron chi connectivity index (χ2n) is 4.94. The summed E-state index contributed by atoms with van der Waals surface area (Å²) in [5, 5.41) is 15.5. The molecule has 0 bridgehead atoms. The summed E-state index contributed by atoms with van der Waals surface area (Å²) < 4.78 is 0. The summed E-state index contributed by atoms with van der Waals surface area (Å²) in [4.78, 5) is 0. The number of nitrogens with one attached hydrogen (secondary N) is 2. The highest BCUT2D eigenvalue weighted by atomic mass is 32.1. The van der Waals surface area contributed by atoms with E-state index in [0.717, 1.165) is 6.54 Å². The first kappa shape index (κ1) is 15.9. The van der Waals surface area contributed by atoms with Crippen molar-refractivity contribution >= 4 is 17.3 Å². The molecule has 0 atom stereocenters. The Kier molecular flexibility index (Phi) is 5.76. The van der Waals surface area contributed by atoms with Crippen LogP contribution in [0.1, 0.15) is 33.4 Å². The van der Waals surface area contributed by atoms with Gasteiger partial charge >= 0.3 is 0 Å². The van der Waals surface area contributed by atoms with E-state index in [0.29, 0.717) is 11.7 Å². The van der Waals surface area contributed by atoms with Gasteiger partial charge in [0.05, 0.1) is 6.61 Å². The SMILES string of the molecule is Cc1c(C)c(C)c(CNC(=S)NCCO)c(C)c1C. The number of aliphatic hydroxyl groups excluding tert-OH is 1. The normalized spacial score (nSPS) is 10.4. The van der Waals surface area contributed by atoms with Crippen LogP contribution in [0.2, 0.25) is 0 Å². The molecule has 0 fully saturated rings. The molecule has 106 valence electrons. The minimum Gasteiger partial charge on any atom is -0.395 e. The topological polar surface area (TPSA) is 44.3 Å². The van der Waals surface area contributed by atoms with Crippen LogP contribution in [0.25, 0.3) is 0 Å². The van der Waals surface area contributed by atoms with Crippen LogP contribution in [0.5, 0.6) is 0 Å². The zero-order valence-electron chi connectivity index (χ0n) is 12.5. The van der Waals surface area contributed by atoms with Gasteiger partial charge in [0, 0.05) is 13.1 Å². The van der Waals surface area contributed by atoms with Gasteiger partial charge in [-0.25, -0.2) is 0 Å². The molecule has 0 unspecified atom stereocenters. The second-order valence-corrected chi connectivity index (χ2v) is 5.34. The highest BCUT2D eigenvalue weighted by Gasteiger charge is 2.12. The Bertz CT molecular complexity index is 455. The van der Waals surface area contributed by atoms with Gasteiger partial charge < -0.3 is 15.7 Å². The third kappa shape index (κ3) is 3.67. The first-order valence-electron chi connectivity index (χ1n) is 6.58. The Balaban J connectivity index is 2.87. The van der Waals surface area contributed by atoms with Gasteiger partial charge in [-0.2, -0.15) is 0 Å². The van der Waals surface area contributed by atoms with Crippen molar-refractivity contribution in [2.24, 2.45) is 0 Å². The van der Waals surface area contributed by atoms with Crippen molar-refractivity contribution in [1.29, 1.82) is 0 Å². The zero-order valence-corrected chi connectivity index (χ0v) is 13.3. The van der Waals surface area contributed by atoms with Gasteiger partial charge in [-0.05, 0) is 80.2 Å². The van der Waals surface area contributed by atoms with Crippen LogP contribution >= 0.6 is 12.2 Å². The van der Waals surface area contributed by atoms with Gasteiger partial charge in [-0.15, -0.1) is 0 Å². The highest BCUT2D eigenvalue weighted by molar-refractivity contribution is 7.80. The smallest absolute Gasteiger partial charge is 0.166 e. The molecule has 0 spiro atoms. The number of hydrogen-bond donors (Lipinski definition) is 3. The van der Waals surface area contributed by atoms with Gasteiger partial charge in [0.25, 0.3) is 0 Å². The van der Waals surface area contributed by atoms with E-state index in [9.17, 15) is 0 Å². The number of benzene rings is 1. The molecule has 19 heavy (non-hydrogen) atoms. The molecule has 1 aromatic rings. The number of rotatable bonds is 4. The summed E-state index contributed by atoms with van der Waals surface area (Å²) in [6, 6.07) is 0. The summed E-state index contributed by atoms with van der Waals surface area (Å²) >= 11 is 5.16. The van der Waals surface area contributed by atoms with E-state index >= 15 is 0 Å². The fourth-order valence-electron chi connectivity index (χ4n) is 2.24. The predicted octanol–water partition coefficient (Wildman–Crippen LogP) is 2.19. The molecule has 0 aliphatic heterocycles. The quantitative estimate of drug-likeness (QED) is 0.740. The van der Waals surface area contributed by atoms with Gasteiger partial charge in [0.2, 0.25) is 0 Å². The van der Waals surface area contributed by atoms with Crippen LogP contribution in [0.4, 0.5) is 0 Å². The molecule has 0 saturated heterocycles. The summed E-state index contributed by atoms with van der Waals surface area (Å²) in [6.07, 6.45) is 0. The van der Waals surface area contributed by atoms with E-state index in [2.05, 4.69) is 45.3 Å². The molecule has 3 N–H and O–H groups in total. The standard InChI is InChI=1S/C15H24N2OS/c1-9-10(2)12(4)14(13(5)11(9)3)8-17-15(19)16-6-7-18/h18H,6-8H2,1-5H3,(H2,16,17,19). The van der Waals surface area contributed by atoms with Crippen molar-refractivity contribution in [2.75, 3.05) is 13.2 Å². The van der Waals surface area contributed by atoms with Crippen LogP contribution in [0.15, 0.2) is 0 Å². The zero-order chi connectivity index (χ0) is 14.6. The van der Waals surface area contributed by atoms with Crippen LogP contribution in [-0.2, 0) is 6.54 Å². The third-order valence-corrected chi connectivity index (χ3v) is 4.27. The average Bonchev–Trinajstić information content (AvgIpc) is 2.40. The maximum atomic E-state index is 8.74. The van der Waals surface area contributed by atoms with E-state index in [4.69, 9.17) is 17.3 Å². The van der Waals surface area contributed by atoms with Crippen molar-refractivity contribution in [3.8, 4) is 0 Å². The second kappa shape index (κ2) is 6.87. The highest BCUT2D eigenvalue weighted by Crippen LogP contribution is 2.25. The molecular formula is C15H24N2OS. The monoisotopic (exact) mass is 280 g/mol. The van der Waals surface area contributed by atoms with Gasteiger partial charge in [-0.1, -0.05) is 0 Å². The molecule has 0 amide bonds. The first-order valence-corrected chi connectivity index (χ1v) is 6.99. The van der Waals surface area contributed by atoms with Gasteiger partial charge in [0.15, 0.2) is 5.11 Å². The van der Waals surface area contributed by atoms with Gasteiger partial charge in [-0.3, -0.25) is 0 Å². The lowest BCUT2D eigenvalue weighted by molar-refractivity contribution is 0.300. The Morgan fingerprint density at radius 3 is 1.84 bits per heavy atom. The number of hydrogen-bond acceptors (Lipinski definition) is 2. The third-order valence-electron chi connectivity index (χ3n) is 3.98. The van der Waals surface area contributed by atoms with E-state index in [1.54, 1.807) is 0 Å². The van der Waals surface area contributed by atoms with Crippen LogP contribution < -0.4 is 10.6 Å². The lowest BCUT2D eigenvalue weighted by atomic mass is 9.89. The maximum Gasteiger partial charge on any atom is 0.166 e. The number of aliphatic hydroxyl groups is 1. The molecule has 3 nitrogen and oxygen atoms in total. The minimum atomic E-state index is 0.0859. The van der Waals surface area contributed by atoms with Crippen molar-refractivity contribution in [2.45, 2.75) is 41.2 Å². The lowest BCUT2D eigenvalue weighted by Gasteiger charge is -2.19. The lowest BCUT2D eigenvalue weighted by Crippen LogP contribution is -2.36. The summed E-state index contributed by atoms with van der Waals surface area (Å²) in [7, 11) is 0. The predicted molar refractivity (Wildman–Crippen MR) is 84.7 cm³/mol. The van der Waals surface area contributed by atoms with E-state index < -0.39 is 0 Å². The average molecular weight is 280 g/mol. The first-order chi connectivity index (χ1) is 8.90. The van der Waals surface area contributed by atoms with E-state index in [1.165, 1.54) is 33.4 Å². The molecule has 1 aromatic carbocycles. The van der Waals surface area contributed by atoms with E-state index in [-0.39, 0.29) is 6.61 Å². The molecule has 0 aliphatic carbocycles. The molecule has 1 rings (SSSR count).